The number of carbonyl (C=O) groups is 1. The fourth-order valence-electron chi connectivity index (χ4n) is 2.94. The molecule has 1 atom stereocenters. The molecule has 1 heterocycles. The molecule has 0 N–H and O–H groups in total. The third-order valence-corrected chi connectivity index (χ3v) is 4.31. The lowest BCUT2D eigenvalue weighted by atomic mass is 9.94. The van der Waals surface area contributed by atoms with Gasteiger partial charge in [-0.25, -0.2) is 0 Å². The Morgan fingerprint density at radius 1 is 1.09 bits per heavy atom. The average Bonchev–Trinajstić information content (AvgIpc) is 2.55. The third-order valence-electron chi connectivity index (χ3n) is 4.05. The van der Waals surface area contributed by atoms with Crippen molar-refractivity contribution in [3.8, 4) is 5.75 Å². The maximum Gasteiger partial charge on any atom is 0.227 e. The fraction of sp³-hybridized carbons (Fsp3) is 0.278. The lowest BCUT2D eigenvalue weighted by Crippen LogP contribution is -2.38. The second kappa shape index (κ2) is 6.41. The highest BCUT2D eigenvalue weighted by atomic mass is 35.5. The monoisotopic (exact) mass is 315 g/mol. The molecular weight excluding hydrogens is 298 g/mol. The Bertz CT molecular complexity index is 652. The van der Waals surface area contributed by atoms with E-state index in [0.29, 0.717) is 11.4 Å². The molecule has 1 aliphatic rings. The van der Waals surface area contributed by atoms with Crippen LogP contribution < -0.4 is 9.64 Å². The SMILES string of the molecule is COc1ccc(N2C(=O)CCCC2c2ccc(Cl)cc2)cc1. The molecule has 4 heteroatoms. The second-order valence-electron chi connectivity index (χ2n) is 5.42. The highest BCUT2D eigenvalue weighted by Crippen LogP contribution is 2.36. The van der Waals surface area contributed by atoms with Gasteiger partial charge in [0.2, 0.25) is 5.91 Å². The summed E-state index contributed by atoms with van der Waals surface area (Å²) in [6.07, 6.45) is 2.47. The van der Waals surface area contributed by atoms with Crippen LogP contribution in [0.5, 0.6) is 5.75 Å². The van der Waals surface area contributed by atoms with Gasteiger partial charge in [-0.3, -0.25) is 4.79 Å². The van der Waals surface area contributed by atoms with Gasteiger partial charge in [0.25, 0.3) is 0 Å². The number of hydrogen-bond donors (Lipinski definition) is 0. The Labute approximate surface area is 135 Å². The largest absolute Gasteiger partial charge is 0.497 e. The predicted octanol–water partition coefficient (Wildman–Crippen LogP) is 4.61. The van der Waals surface area contributed by atoms with Gasteiger partial charge in [0.1, 0.15) is 5.75 Å². The molecule has 2 aromatic rings. The minimum absolute atomic E-state index is 0.0620. The van der Waals surface area contributed by atoms with Crippen LogP contribution in [0.4, 0.5) is 5.69 Å². The molecule has 3 nitrogen and oxygen atoms in total. The number of anilines is 1. The molecule has 1 saturated heterocycles. The van der Waals surface area contributed by atoms with E-state index in [4.69, 9.17) is 16.3 Å². The molecule has 22 heavy (non-hydrogen) atoms. The molecule has 0 bridgehead atoms. The van der Waals surface area contributed by atoms with Gasteiger partial charge in [0.15, 0.2) is 0 Å². The standard InChI is InChI=1S/C18H18ClNO2/c1-22-16-11-9-15(10-12-16)20-17(3-2-4-18(20)21)13-5-7-14(19)8-6-13/h5-12,17H,2-4H2,1H3. The van der Waals surface area contributed by atoms with Gasteiger partial charge < -0.3 is 9.64 Å². The number of nitrogens with zero attached hydrogens (tertiary/aromatic N) is 1. The molecule has 0 aliphatic carbocycles. The fourth-order valence-corrected chi connectivity index (χ4v) is 3.06. The number of benzene rings is 2. The molecular formula is C18H18ClNO2. The highest BCUT2D eigenvalue weighted by Gasteiger charge is 2.30. The molecule has 1 fully saturated rings. The Hall–Kier alpha value is -2.00. The van der Waals surface area contributed by atoms with Crippen LogP contribution in [0, 0.1) is 0 Å². The molecule has 1 unspecified atom stereocenters. The Balaban J connectivity index is 1.95. The first-order valence-corrected chi connectivity index (χ1v) is 7.78. The number of hydrogen-bond acceptors (Lipinski definition) is 2. The van der Waals surface area contributed by atoms with Crippen LogP contribution in [-0.2, 0) is 4.79 Å². The maximum atomic E-state index is 12.5. The minimum Gasteiger partial charge on any atom is -0.497 e. The summed E-state index contributed by atoms with van der Waals surface area (Å²) in [7, 11) is 1.64. The topological polar surface area (TPSA) is 29.5 Å². The Morgan fingerprint density at radius 3 is 2.41 bits per heavy atom. The molecule has 2 aromatic carbocycles. The molecule has 1 aliphatic heterocycles. The van der Waals surface area contributed by atoms with Gasteiger partial charge in [0, 0.05) is 17.1 Å². The van der Waals surface area contributed by atoms with Gasteiger partial charge >= 0.3 is 0 Å². The van der Waals surface area contributed by atoms with Crippen LogP contribution in [0.3, 0.4) is 0 Å². The number of amides is 1. The summed E-state index contributed by atoms with van der Waals surface area (Å²) in [6.45, 7) is 0. The second-order valence-corrected chi connectivity index (χ2v) is 5.86. The maximum absolute atomic E-state index is 12.5. The summed E-state index contributed by atoms with van der Waals surface area (Å²) in [6, 6.07) is 15.5. The van der Waals surface area contributed by atoms with Crippen LogP contribution in [0.15, 0.2) is 48.5 Å². The van der Waals surface area contributed by atoms with E-state index in [-0.39, 0.29) is 11.9 Å². The lowest BCUT2D eigenvalue weighted by Gasteiger charge is -2.36. The van der Waals surface area contributed by atoms with Gasteiger partial charge in [-0.15, -0.1) is 0 Å². The van der Waals surface area contributed by atoms with E-state index in [9.17, 15) is 4.79 Å². The molecule has 1 amide bonds. The van der Waals surface area contributed by atoms with E-state index in [1.54, 1.807) is 7.11 Å². The van der Waals surface area contributed by atoms with Gasteiger partial charge in [-0.2, -0.15) is 0 Å². The number of methoxy groups -OCH3 is 1. The zero-order valence-corrected chi connectivity index (χ0v) is 13.2. The summed E-state index contributed by atoms with van der Waals surface area (Å²) in [5.74, 6) is 0.951. The first-order chi connectivity index (χ1) is 10.7. The summed E-state index contributed by atoms with van der Waals surface area (Å²) in [4.78, 5) is 14.4. The summed E-state index contributed by atoms with van der Waals surface area (Å²) in [5.41, 5.74) is 2.03. The van der Waals surface area contributed by atoms with Crippen molar-refractivity contribution in [2.45, 2.75) is 25.3 Å². The van der Waals surface area contributed by atoms with Crippen molar-refractivity contribution in [1.29, 1.82) is 0 Å². The number of halogens is 1. The zero-order chi connectivity index (χ0) is 15.5. The van der Waals surface area contributed by atoms with Crippen LogP contribution >= 0.6 is 11.6 Å². The number of ether oxygens (including phenoxy) is 1. The molecule has 0 saturated carbocycles. The van der Waals surface area contributed by atoms with Crippen LogP contribution in [0.2, 0.25) is 5.02 Å². The van der Waals surface area contributed by atoms with E-state index in [0.717, 1.165) is 29.8 Å². The van der Waals surface area contributed by atoms with Crippen LogP contribution in [0.1, 0.15) is 30.9 Å². The van der Waals surface area contributed by atoms with E-state index in [1.165, 1.54) is 0 Å². The minimum atomic E-state index is 0.0620. The molecule has 3 rings (SSSR count). The van der Waals surface area contributed by atoms with Crippen molar-refractivity contribution in [2.75, 3.05) is 12.0 Å². The predicted molar refractivity (Wildman–Crippen MR) is 88.5 cm³/mol. The van der Waals surface area contributed by atoms with E-state index in [1.807, 2.05) is 53.4 Å². The number of rotatable bonds is 3. The quantitative estimate of drug-likeness (QED) is 0.828. The van der Waals surface area contributed by atoms with E-state index >= 15 is 0 Å². The third kappa shape index (κ3) is 2.95. The van der Waals surface area contributed by atoms with Crippen molar-refractivity contribution in [3.05, 3.63) is 59.1 Å². The van der Waals surface area contributed by atoms with Crippen LogP contribution in [-0.4, -0.2) is 13.0 Å². The van der Waals surface area contributed by atoms with Crippen molar-refractivity contribution in [2.24, 2.45) is 0 Å². The number of piperidine rings is 1. The zero-order valence-electron chi connectivity index (χ0n) is 12.5. The first kappa shape index (κ1) is 14.9. The lowest BCUT2D eigenvalue weighted by molar-refractivity contribution is -0.120. The Morgan fingerprint density at radius 2 is 1.77 bits per heavy atom. The van der Waals surface area contributed by atoms with E-state index in [2.05, 4.69) is 0 Å². The highest BCUT2D eigenvalue weighted by molar-refractivity contribution is 6.30. The molecule has 0 spiro atoms. The summed E-state index contributed by atoms with van der Waals surface area (Å²) >= 11 is 5.97. The van der Waals surface area contributed by atoms with Gasteiger partial charge in [-0.1, -0.05) is 23.7 Å². The average molecular weight is 316 g/mol. The van der Waals surface area contributed by atoms with Crippen molar-refractivity contribution < 1.29 is 9.53 Å². The molecule has 0 radical (unpaired) electrons. The van der Waals surface area contributed by atoms with Crippen molar-refractivity contribution in [3.63, 3.8) is 0 Å². The van der Waals surface area contributed by atoms with Gasteiger partial charge in [-0.05, 0) is 54.8 Å². The number of carbonyl (C=O) groups excluding carboxylic acids is 1. The van der Waals surface area contributed by atoms with Crippen molar-refractivity contribution in [1.82, 2.24) is 0 Å². The first-order valence-electron chi connectivity index (χ1n) is 7.40. The smallest absolute Gasteiger partial charge is 0.227 e. The normalized spacial score (nSPS) is 18.4. The van der Waals surface area contributed by atoms with Crippen LogP contribution in [0.25, 0.3) is 0 Å². The molecule has 114 valence electrons. The van der Waals surface area contributed by atoms with Crippen molar-refractivity contribution >= 4 is 23.2 Å². The summed E-state index contributed by atoms with van der Waals surface area (Å²) < 4.78 is 5.19. The Kier molecular flexibility index (Phi) is 4.34. The van der Waals surface area contributed by atoms with E-state index < -0.39 is 0 Å². The van der Waals surface area contributed by atoms with Gasteiger partial charge in [0.05, 0.1) is 13.2 Å². The molecule has 0 aromatic heterocycles. The summed E-state index contributed by atoms with van der Waals surface area (Å²) in [5, 5.41) is 0.710.